The number of rotatable bonds is 3. The summed E-state index contributed by atoms with van der Waals surface area (Å²) >= 11 is 6.29. The summed E-state index contributed by atoms with van der Waals surface area (Å²) < 4.78 is 5.80. The van der Waals surface area contributed by atoms with Crippen molar-refractivity contribution in [3.8, 4) is 11.5 Å². The van der Waals surface area contributed by atoms with Gasteiger partial charge < -0.3 is 9.73 Å². The number of benzene rings is 3. The minimum absolute atomic E-state index is 0.205. The Morgan fingerprint density at radius 3 is 2.63 bits per heavy atom. The van der Waals surface area contributed by atoms with Crippen LogP contribution in [0.15, 0.2) is 65.1 Å². The molecular formula is C22H17ClN2O2. The molecule has 0 aliphatic heterocycles. The van der Waals surface area contributed by atoms with Gasteiger partial charge in [0.1, 0.15) is 5.52 Å². The van der Waals surface area contributed by atoms with Gasteiger partial charge in [0.15, 0.2) is 5.58 Å². The second-order valence-electron chi connectivity index (χ2n) is 6.45. The van der Waals surface area contributed by atoms with Crippen LogP contribution in [-0.4, -0.2) is 10.9 Å². The number of hydrogen-bond donors (Lipinski definition) is 1. The van der Waals surface area contributed by atoms with E-state index in [2.05, 4.69) is 10.3 Å². The van der Waals surface area contributed by atoms with E-state index in [4.69, 9.17) is 16.0 Å². The van der Waals surface area contributed by atoms with Gasteiger partial charge in [-0.15, -0.1) is 0 Å². The van der Waals surface area contributed by atoms with E-state index in [-0.39, 0.29) is 5.91 Å². The topological polar surface area (TPSA) is 55.1 Å². The maximum atomic E-state index is 12.7. The standard InChI is InChI=1S/C22H17ClN2O2/c1-13-7-9-16(14(2)11-13)21(26)24-19-12-15(8-10-17(19)23)22-25-18-5-3-4-6-20(18)27-22/h3-12H,1-2H3,(H,24,26). The minimum Gasteiger partial charge on any atom is -0.436 e. The molecule has 134 valence electrons. The zero-order chi connectivity index (χ0) is 19.0. The van der Waals surface area contributed by atoms with Gasteiger partial charge in [0.05, 0.1) is 10.7 Å². The fraction of sp³-hybridized carbons (Fsp3) is 0.0909. The molecule has 0 aliphatic carbocycles. The molecule has 0 spiro atoms. The van der Waals surface area contributed by atoms with E-state index in [1.807, 2.05) is 62.4 Å². The fourth-order valence-electron chi connectivity index (χ4n) is 3.01. The summed E-state index contributed by atoms with van der Waals surface area (Å²) in [5.41, 5.74) is 5.39. The molecule has 4 rings (SSSR count). The highest BCUT2D eigenvalue weighted by Gasteiger charge is 2.14. The van der Waals surface area contributed by atoms with Crippen LogP contribution in [0.2, 0.25) is 5.02 Å². The smallest absolute Gasteiger partial charge is 0.255 e. The van der Waals surface area contributed by atoms with Crippen LogP contribution in [0, 0.1) is 13.8 Å². The van der Waals surface area contributed by atoms with E-state index in [1.165, 1.54) is 0 Å². The summed E-state index contributed by atoms with van der Waals surface area (Å²) in [5.74, 6) is 0.277. The first-order valence-corrected chi connectivity index (χ1v) is 8.93. The molecule has 27 heavy (non-hydrogen) atoms. The molecule has 5 heteroatoms. The molecule has 0 saturated heterocycles. The molecule has 0 atom stereocenters. The molecule has 4 nitrogen and oxygen atoms in total. The number of amides is 1. The quantitative estimate of drug-likeness (QED) is 0.475. The van der Waals surface area contributed by atoms with Crippen molar-refractivity contribution in [1.29, 1.82) is 0 Å². The first kappa shape index (κ1) is 17.3. The van der Waals surface area contributed by atoms with Crippen LogP contribution in [0.25, 0.3) is 22.6 Å². The average molecular weight is 377 g/mol. The van der Waals surface area contributed by atoms with E-state index >= 15 is 0 Å². The number of anilines is 1. The molecule has 0 fully saturated rings. The number of carbonyl (C=O) groups is 1. The largest absolute Gasteiger partial charge is 0.436 e. The van der Waals surface area contributed by atoms with Gasteiger partial charge in [-0.25, -0.2) is 4.98 Å². The number of para-hydroxylation sites is 2. The molecule has 0 bridgehead atoms. The highest BCUT2D eigenvalue weighted by Crippen LogP contribution is 2.30. The van der Waals surface area contributed by atoms with E-state index < -0.39 is 0 Å². The van der Waals surface area contributed by atoms with Gasteiger partial charge in [-0.2, -0.15) is 0 Å². The number of aryl methyl sites for hydroxylation is 2. The van der Waals surface area contributed by atoms with Crippen molar-refractivity contribution < 1.29 is 9.21 Å². The monoisotopic (exact) mass is 376 g/mol. The summed E-state index contributed by atoms with van der Waals surface area (Å²) in [5, 5.41) is 3.34. The molecule has 0 radical (unpaired) electrons. The number of hydrogen-bond acceptors (Lipinski definition) is 3. The number of oxazole rings is 1. The van der Waals surface area contributed by atoms with E-state index in [1.54, 1.807) is 12.1 Å². The average Bonchev–Trinajstić information content (AvgIpc) is 3.07. The third kappa shape index (κ3) is 3.44. The zero-order valence-corrected chi connectivity index (χ0v) is 15.7. The second-order valence-corrected chi connectivity index (χ2v) is 6.86. The van der Waals surface area contributed by atoms with Crippen molar-refractivity contribution in [1.82, 2.24) is 4.98 Å². The Morgan fingerprint density at radius 1 is 1.04 bits per heavy atom. The van der Waals surface area contributed by atoms with Crippen LogP contribution in [0.3, 0.4) is 0 Å². The first-order chi connectivity index (χ1) is 13.0. The molecule has 3 aromatic carbocycles. The van der Waals surface area contributed by atoms with Crippen LogP contribution in [-0.2, 0) is 0 Å². The lowest BCUT2D eigenvalue weighted by Gasteiger charge is -2.10. The molecule has 1 N–H and O–H groups in total. The molecule has 4 aromatic rings. The Morgan fingerprint density at radius 2 is 1.85 bits per heavy atom. The van der Waals surface area contributed by atoms with Gasteiger partial charge in [0, 0.05) is 11.1 Å². The number of fused-ring (bicyclic) bond motifs is 1. The van der Waals surface area contributed by atoms with Gasteiger partial charge in [0.25, 0.3) is 5.91 Å². The maximum absolute atomic E-state index is 12.7. The van der Waals surface area contributed by atoms with Crippen molar-refractivity contribution in [3.63, 3.8) is 0 Å². The Hall–Kier alpha value is -3.11. The van der Waals surface area contributed by atoms with E-state index in [9.17, 15) is 4.79 Å². The highest BCUT2D eigenvalue weighted by molar-refractivity contribution is 6.34. The fourth-order valence-corrected chi connectivity index (χ4v) is 3.17. The minimum atomic E-state index is -0.205. The number of nitrogens with one attached hydrogen (secondary N) is 1. The van der Waals surface area contributed by atoms with Crippen LogP contribution in [0.5, 0.6) is 0 Å². The summed E-state index contributed by atoms with van der Waals surface area (Å²) in [6, 6.07) is 18.6. The molecular weight excluding hydrogens is 360 g/mol. The van der Waals surface area contributed by atoms with Gasteiger partial charge in [0.2, 0.25) is 5.89 Å². The maximum Gasteiger partial charge on any atom is 0.255 e. The van der Waals surface area contributed by atoms with Crippen molar-refractivity contribution in [3.05, 3.63) is 82.4 Å². The van der Waals surface area contributed by atoms with Crippen LogP contribution >= 0.6 is 11.6 Å². The van der Waals surface area contributed by atoms with Gasteiger partial charge in [-0.1, -0.05) is 41.4 Å². The van der Waals surface area contributed by atoms with Crippen molar-refractivity contribution in [2.75, 3.05) is 5.32 Å². The summed E-state index contributed by atoms with van der Waals surface area (Å²) in [6.07, 6.45) is 0. The first-order valence-electron chi connectivity index (χ1n) is 8.55. The Labute approximate surface area is 161 Å². The number of carbonyl (C=O) groups excluding carboxylic acids is 1. The lowest BCUT2D eigenvalue weighted by molar-refractivity contribution is 0.102. The molecule has 1 heterocycles. The van der Waals surface area contributed by atoms with Gasteiger partial charge in [-0.3, -0.25) is 4.79 Å². The SMILES string of the molecule is Cc1ccc(C(=O)Nc2cc(-c3nc4ccccc4o3)ccc2Cl)c(C)c1. The highest BCUT2D eigenvalue weighted by atomic mass is 35.5. The lowest BCUT2D eigenvalue weighted by Crippen LogP contribution is -2.13. The Kier molecular flexibility index (Phi) is 4.42. The van der Waals surface area contributed by atoms with Crippen molar-refractivity contribution >= 4 is 34.3 Å². The Bertz CT molecular complexity index is 1130. The third-order valence-corrected chi connectivity index (χ3v) is 4.71. The van der Waals surface area contributed by atoms with E-state index in [0.29, 0.717) is 27.7 Å². The lowest BCUT2D eigenvalue weighted by atomic mass is 10.1. The molecule has 1 aromatic heterocycles. The third-order valence-electron chi connectivity index (χ3n) is 4.38. The van der Waals surface area contributed by atoms with Gasteiger partial charge >= 0.3 is 0 Å². The van der Waals surface area contributed by atoms with Crippen LogP contribution in [0.1, 0.15) is 21.5 Å². The second kappa shape index (κ2) is 6.89. The molecule has 0 unspecified atom stereocenters. The van der Waals surface area contributed by atoms with Crippen molar-refractivity contribution in [2.45, 2.75) is 13.8 Å². The molecule has 0 aliphatic rings. The summed E-state index contributed by atoms with van der Waals surface area (Å²) in [4.78, 5) is 17.2. The predicted molar refractivity (Wildman–Crippen MR) is 108 cm³/mol. The van der Waals surface area contributed by atoms with E-state index in [0.717, 1.165) is 22.2 Å². The zero-order valence-electron chi connectivity index (χ0n) is 14.9. The number of nitrogens with zero attached hydrogens (tertiary/aromatic N) is 1. The van der Waals surface area contributed by atoms with Gasteiger partial charge in [-0.05, 0) is 55.8 Å². The number of halogens is 1. The van der Waals surface area contributed by atoms with Crippen LogP contribution < -0.4 is 5.32 Å². The van der Waals surface area contributed by atoms with Crippen molar-refractivity contribution in [2.24, 2.45) is 0 Å². The predicted octanol–water partition coefficient (Wildman–Crippen LogP) is 6.02. The normalized spacial score (nSPS) is 10.9. The number of aromatic nitrogens is 1. The molecule has 1 amide bonds. The summed E-state index contributed by atoms with van der Waals surface area (Å²) in [6.45, 7) is 3.91. The summed E-state index contributed by atoms with van der Waals surface area (Å²) in [7, 11) is 0. The Balaban J connectivity index is 1.67. The van der Waals surface area contributed by atoms with Crippen LogP contribution in [0.4, 0.5) is 5.69 Å². The molecule has 0 saturated carbocycles.